The highest BCUT2D eigenvalue weighted by Crippen LogP contribution is 2.34. The van der Waals surface area contributed by atoms with E-state index < -0.39 is 44.7 Å². The molecule has 0 fully saturated rings. The molecular weight excluding hydrogens is 269 g/mol. The second-order valence-corrected chi connectivity index (χ2v) is 3.37. The van der Waals surface area contributed by atoms with Crippen LogP contribution in [0.2, 0.25) is 10.0 Å². The molecule has 4 nitrogen and oxygen atoms in total. The molecule has 0 aliphatic heterocycles. The van der Waals surface area contributed by atoms with Crippen LogP contribution in [0.1, 0.15) is 20.7 Å². The topological polar surface area (TPSA) is 74.6 Å². The van der Waals surface area contributed by atoms with E-state index in [1.165, 1.54) is 0 Å². The third-order valence-electron chi connectivity index (χ3n) is 1.69. The summed E-state index contributed by atoms with van der Waals surface area (Å²) in [5.41, 5.74) is -2.40. The first kappa shape index (κ1) is 12.7. The summed E-state index contributed by atoms with van der Waals surface area (Å²) in [6, 6.07) is 0. The number of benzene rings is 1. The van der Waals surface area contributed by atoms with Gasteiger partial charge in [0, 0.05) is 0 Å². The Bertz CT molecular complexity index is 427. The highest BCUT2D eigenvalue weighted by atomic mass is 35.5. The number of carboxylic acids is 2. The van der Waals surface area contributed by atoms with E-state index in [1.54, 1.807) is 0 Å². The van der Waals surface area contributed by atoms with E-state index in [1.807, 2.05) is 0 Å². The average molecular weight is 271 g/mol. The van der Waals surface area contributed by atoms with Crippen LogP contribution in [-0.4, -0.2) is 22.2 Å². The third-order valence-corrected chi connectivity index (χ3v) is 2.54. The number of carboxylic acid groups (broad SMARTS) is 2. The van der Waals surface area contributed by atoms with Crippen LogP contribution in [0.3, 0.4) is 0 Å². The molecule has 0 saturated carbocycles. The molecule has 0 aliphatic rings. The quantitative estimate of drug-likeness (QED) is 0.811. The van der Waals surface area contributed by atoms with Gasteiger partial charge in [-0.1, -0.05) is 23.2 Å². The lowest BCUT2D eigenvalue weighted by atomic mass is 10.1. The molecule has 0 heterocycles. The zero-order valence-corrected chi connectivity index (χ0v) is 8.73. The fraction of sp³-hybridized carbons (Fsp3) is 0. The Balaban J connectivity index is 3.77. The van der Waals surface area contributed by atoms with Crippen LogP contribution < -0.4 is 0 Å². The molecule has 1 aromatic carbocycles. The van der Waals surface area contributed by atoms with Crippen molar-refractivity contribution in [1.82, 2.24) is 0 Å². The molecule has 0 atom stereocenters. The molecule has 0 saturated heterocycles. The van der Waals surface area contributed by atoms with Crippen molar-refractivity contribution in [3.63, 3.8) is 0 Å². The van der Waals surface area contributed by atoms with Gasteiger partial charge < -0.3 is 10.2 Å². The van der Waals surface area contributed by atoms with Crippen LogP contribution >= 0.6 is 23.2 Å². The first-order valence-corrected chi connectivity index (χ1v) is 4.37. The number of hydrogen-bond donors (Lipinski definition) is 2. The Morgan fingerprint density at radius 1 is 0.875 bits per heavy atom. The minimum atomic E-state index is -1.86. The van der Waals surface area contributed by atoms with Gasteiger partial charge in [-0.05, 0) is 0 Å². The van der Waals surface area contributed by atoms with E-state index >= 15 is 0 Å². The molecule has 86 valence electrons. The molecule has 0 amide bonds. The lowest BCUT2D eigenvalue weighted by Crippen LogP contribution is -2.11. The first-order valence-electron chi connectivity index (χ1n) is 3.61. The van der Waals surface area contributed by atoms with Gasteiger partial charge in [-0.25, -0.2) is 18.4 Å². The zero-order chi connectivity index (χ0) is 12.6. The average Bonchev–Trinajstić information content (AvgIpc) is 2.14. The maximum absolute atomic E-state index is 13.2. The van der Waals surface area contributed by atoms with Crippen LogP contribution in [0.4, 0.5) is 8.78 Å². The lowest BCUT2D eigenvalue weighted by Gasteiger charge is -2.08. The minimum Gasteiger partial charge on any atom is -0.478 e. The van der Waals surface area contributed by atoms with Crippen LogP contribution in [0.25, 0.3) is 0 Å². The molecular formula is C8H2Cl2F2O4. The summed E-state index contributed by atoms with van der Waals surface area (Å²) in [5.74, 6) is -7.42. The molecule has 2 N–H and O–H groups in total. The van der Waals surface area contributed by atoms with Crippen LogP contribution in [-0.2, 0) is 0 Å². The van der Waals surface area contributed by atoms with Crippen molar-refractivity contribution < 1.29 is 28.6 Å². The van der Waals surface area contributed by atoms with Gasteiger partial charge in [0.25, 0.3) is 0 Å². The fourth-order valence-electron chi connectivity index (χ4n) is 1.01. The van der Waals surface area contributed by atoms with E-state index in [9.17, 15) is 18.4 Å². The molecule has 0 bridgehead atoms. The van der Waals surface area contributed by atoms with Crippen molar-refractivity contribution in [2.75, 3.05) is 0 Å². The van der Waals surface area contributed by atoms with Gasteiger partial charge in [-0.3, -0.25) is 0 Å². The number of aromatic carboxylic acids is 2. The lowest BCUT2D eigenvalue weighted by molar-refractivity contribution is 0.0671. The van der Waals surface area contributed by atoms with Gasteiger partial charge in [0.1, 0.15) is 11.1 Å². The molecule has 8 heteroatoms. The monoisotopic (exact) mass is 270 g/mol. The van der Waals surface area contributed by atoms with Crippen LogP contribution in [0.5, 0.6) is 0 Å². The Morgan fingerprint density at radius 2 is 1.12 bits per heavy atom. The molecule has 16 heavy (non-hydrogen) atoms. The summed E-state index contributed by atoms with van der Waals surface area (Å²) in [4.78, 5) is 21.1. The van der Waals surface area contributed by atoms with Crippen molar-refractivity contribution >= 4 is 35.1 Å². The Hall–Kier alpha value is -1.40. The highest BCUT2D eigenvalue weighted by Gasteiger charge is 2.29. The van der Waals surface area contributed by atoms with Crippen LogP contribution in [0.15, 0.2) is 0 Å². The maximum atomic E-state index is 13.2. The van der Waals surface area contributed by atoms with Crippen molar-refractivity contribution in [1.29, 1.82) is 0 Å². The maximum Gasteiger partial charge on any atom is 0.340 e. The molecule has 0 aliphatic carbocycles. The standard InChI is InChI=1S/C8H2Cl2F2O4/c9-3-1(7(13)14)5(11)6(12)2(4(3)10)8(15)16/h(H,13,14)(H,15,16). The van der Waals surface area contributed by atoms with Crippen molar-refractivity contribution in [2.24, 2.45) is 0 Å². The Morgan fingerprint density at radius 3 is 1.31 bits per heavy atom. The van der Waals surface area contributed by atoms with E-state index in [-0.39, 0.29) is 0 Å². The first-order chi connectivity index (χ1) is 7.29. The van der Waals surface area contributed by atoms with Gasteiger partial charge >= 0.3 is 11.9 Å². The largest absolute Gasteiger partial charge is 0.478 e. The van der Waals surface area contributed by atoms with Crippen LogP contribution in [0, 0.1) is 11.6 Å². The van der Waals surface area contributed by atoms with Gasteiger partial charge in [0.15, 0.2) is 11.6 Å². The second kappa shape index (κ2) is 4.23. The van der Waals surface area contributed by atoms with Gasteiger partial charge in [0.05, 0.1) is 10.0 Å². The summed E-state index contributed by atoms with van der Waals surface area (Å²) >= 11 is 10.7. The van der Waals surface area contributed by atoms with E-state index in [0.717, 1.165) is 0 Å². The fourth-order valence-corrected chi connectivity index (χ4v) is 1.52. The summed E-state index contributed by atoms with van der Waals surface area (Å²) in [6.45, 7) is 0. The zero-order valence-electron chi connectivity index (χ0n) is 7.22. The highest BCUT2D eigenvalue weighted by molar-refractivity contribution is 6.45. The summed E-state index contributed by atoms with van der Waals surface area (Å²) in [5, 5.41) is 15.3. The molecule has 0 spiro atoms. The summed E-state index contributed by atoms with van der Waals surface area (Å²) < 4.78 is 26.3. The number of halogens is 4. The van der Waals surface area contributed by atoms with Crippen molar-refractivity contribution in [3.05, 3.63) is 32.8 Å². The molecule has 0 unspecified atom stereocenters. The molecule has 0 aromatic heterocycles. The molecule has 0 radical (unpaired) electrons. The van der Waals surface area contributed by atoms with Gasteiger partial charge in [-0.2, -0.15) is 0 Å². The van der Waals surface area contributed by atoms with Crippen molar-refractivity contribution in [2.45, 2.75) is 0 Å². The van der Waals surface area contributed by atoms with E-state index in [4.69, 9.17) is 33.4 Å². The van der Waals surface area contributed by atoms with Gasteiger partial charge in [-0.15, -0.1) is 0 Å². The summed E-state index contributed by atoms with van der Waals surface area (Å²) in [6.07, 6.45) is 0. The normalized spacial score (nSPS) is 10.2. The van der Waals surface area contributed by atoms with Crippen molar-refractivity contribution in [3.8, 4) is 0 Å². The Kier molecular flexibility index (Phi) is 3.35. The van der Waals surface area contributed by atoms with E-state index in [0.29, 0.717) is 0 Å². The van der Waals surface area contributed by atoms with Gasteiger partial charge in [0.2, 0.25) is 0 Å². The summed E-state index contributed by atoms with van der Waals surface area (Å²) in [7, 11) is 0. The number of carbonyl (C=O) groups is 2. The second-order valence-electron chi connectivity index (χ2n) is 2.62. The molecule has 1 rings (SSSR count). The SMILES string of the molecule is O=C(O)c1c(F)c(F)c(C(=O)O)c(Cl)c1Cl. The van der Waals surface area contributed by atoms with E-state index in [2.05, 4.69) is 0 Å². The smallest absolute Gasteiger partial charge is 0.340 e. The number of rotatable bonds is 2. The predicted octanol–water partition coefficient (Wildman–Crippen LogP) is 2.67. The third kappa shape index (κ3) is 1.81. The molecule has 1 aromatic rings. The Labute approximate surface area is 97.0 Å². The number of hydrogen-bond acceptors (Lipinski definition) is 2. The minimum absolute atomic E-state index is 0.856. The predicted molar refractivity (Wildman–Crippen MR) is 50.3 cm³/mol.